The zero-order chi connectivity index (χ0) is 9.68. The van der Waals surface area contributed by atoms with Crippen LogP contribution in [0, 0.1) is 0 Å². The van der Waals surface area contributed by atoms with E-state index in [4.69, 9.17) is 11.6 Å². The van der Waals surface area contributed by atoms with Gasteiger partial charge in [-0.1, -0.05) is 5.21 Å². The number of rotatable bonds is 4. The number of hydrogen-bond donors (Lipinski definition) is 1. The van der Waals surface area contributed by atoms with Gasteiger partial charge in [-0.25, -0.2) is 4.68 Å². The van der Waals surface area contributed by atoms with Crippen molar-refractivity contribution in [2.45, 2.75) is 13.0 Å². The quantitative estimate of drug-likeness (QED) is 0.710. The molecule has 1 aromatic rings. The van der Waals surface area contributed by atoms with Crippen LogP contribution in [-0.2, 0) is 4.79 Å². The van der Waals surface area contributed by atoms with Gasteiger partial charge in [0.25, 0.3) is 0 Å². The molecule has 1 atom stereocenters. The summed E-state index contributed by atoms with van der Waals surface area (Å²) in [7, 11) is 0. The number of carbonyl (C=O) groups excluding carboxylic acids is 1. The van der Waals surface area contributed by atoms with Gasteiger partial charge < -0.3 is 5.32 Å². The number of nitrogens with zero attached hydrogens (tertiary/aromatic N) is 3. The first-order chi connectivity index (χ1) is 6.24. The first kappa shape index (κ1) is 9.98. The Morgan fingerprint density at radius 2 is 2.54 bits per heavy atom. The number of carbonyl (C=O) groups is 1. The van der Waals surface area contributed by atoms with Crippen LogP contribution in [-0.4, -0.2) is 33.3 Å². The molecule has 0 aliphatic rings. The van der Waals surface area contributed by atoms with E-state index in [0.717, 1.165) is 0 Å². The predicted molar refractivity (Wildman–Crippen MR) is 48.5 cm³/mol. The third-order valence-electron chi connectivity index (χ3n) is 1.61. The van der Waals surface area contributed by atoms with Crippen LogP contribution in [0.4, 0.5) is 0 Å². The first-order valence-corrected chi connectivity index (χ1v) is 4.46. The van der Waals surface area contributed by atoms with Gasteiger partial charge in [0.15, 0.2) is 0 Å². The van der Waals surface area contributed by atoms with E-state index >= 15 is 0 Å². The van der Waals surface area contributed by atoms with E-state index in [-0.39, 0.29) is 17.8 Å². The third kappa shape index (κ3) is 3.02. The number of hydrogen-bond acceptors (Lipinski definition) is 3. The van der Waals surface area contributed by atoms with Crippen molar-refractivity contribution in [2.75, 3.05) is 12.4 Å². The number of nitrogens with one attached hydrogen (secondary N) is 1. The predicted octanol–water partition coefficient (Wildman–Crippen LogP) is 0.194. The van der Waals surface area contributed by atoms with E-state index in [1.54, 1.807) is 17.1 Å². The summed E-state index contributed by atoms with van der Waals surface area (Å²) in [6.45, 7) is 2.44. The standard InChI is InChI=1S/C7H11ClN4O/c1-6(5-9-7(13)4-8)12-3-2-10-11-12/h2-3,6H,4-5H2,1H3,(H,9,13)/t6-/m1/s1. The molecule has 0 saturated carbocycles. The molecule has 1 heterocycles. The maximum Gasteiger partial charge on any atom is 0.234 e. The first-order valence-electron chi connectivity index (χ1n) is 3.92. The van der Waals surface area contributed by atoms with Crippen molar-refractivity contribution in [1.82, 2.24) is 20.3 Å². The fraction of sp³-hybridized carbons (Fsp3) is 0.571. The summed E-state index contributed by atoms with van der Waals surface area (Å²) < 4.78 is 1.68. The lowest BCUT2D eigenvalue weighted by Crippen LogP contribution is -2.30. The molecule has 1 rings (SSSR count). The minimum Gasteiger partial charge on any atom is -0.353 e. The lowest BCUT2D eigenvalue weighted by atomic mass is 10.3. The van der Waals surface area contributed by atoms with E-state index in [2.05, 4.69) is 15.6 Å². The van der Waals surface area contributed by atoms with E-state index in [0.29, 0.717) is 6.54 Å². The highest BCUT2D eigenvalue weighted by atomic mass is 35.5. The molecule has 0 aliphatic carbocycles. The molecule has 5 nitrogen and oxygen atoms in total. The second kappa shape index (κ2) is 4.81. The van der Waals surface area contributed by atoms with Crippen molar-refractivity contribution >= 4 is 17.5 Å². The molecule has 1 aromatic heterocycles. The van der Waals surface area contributed by atoms with Crippen molar-refractivity contribution in [3.8, 4) is 0 Å². The van der Waals surface area contributed by atoms with Crippen LogP contribution < -0.4 is 5.32 Å². The van der Waals surface area contributed by atoms with Crippen LogP contribution in [0.15, 0.2) is 12.4 Å². The molecule has 0 bridgehead atoms. The van der Waals surface area contributed by atoms with Crippen molar-refractivity contribution in [2.24, 2.45) is 0 Å². The number of halogens is 1. The summed E-state index contributed by atoms with van der Waals surface area (Å²) >= 11 is 5.31. The van der Waals surface area contributed by atoms with Gasteiger partial charge in [-0.05, 0) is 6.92 Å². The number of amides is 1. The van der Waals surface area contributed by atoms with E-state index in [9.17, 15) is 4.79 Å². The van der Waals surface area contributed by atoms with Gasteiger partial charge in [0.1, 0.15) is 5.88 Å². The summed E-state index contributed by atoms with van der Waals surface area (Å²) in [6, 6.07) is 0.0923. The summed E-state index contributed by atoms with van der Waals surface area (Å²) in [5.41, 5.74) is 0. The SMILES string of the molecule is C[C@H](CNC(=O)CCl)n1ccnn1. The van der Waals surface area contributed by atoms with Crippen LogP contribution in [0.1, 0.15) is 13.0 Å². The molecular weight excluding hydrogens is 192 g/mol. The summed E-state index contributed by atoms with van der Waals surface area (Å²) in [4.78, 5) is 10.8. The van der Waals surface area contributed by atoms with Crippen LogP contribution in [0.2, 0.25) is 0 Å². The van der Waals surface area contributed by atoms with Gasteiger partial charge >= 0.3 is 0 Å². The third-order valence-corrected chi connectivity index (χ3v) is 1.85. The fourth-order valence-electron chi connectivity index (χ4n) is 0.855. The molecule has 6 heteroatoms. The molecule has 0 aliphatic heterocycles. The Labute approximate surface area is 81.1 Å². The Bertz CT molecular complexity index is 261. The minimum absolute atomic E-state index is 0.00984. The van der Waals surface area contributed by atoms with Crippen molar-refractivity contribution in [3.05, 3.63) is 12.4 Å². The van der Waals surface area contributed by atoms with Gasteiger partial charge in [-0.15, -0.1) is 16.7 Å². The molecule has 0 aromatic carbocycles. The maximum absolute atomic E-state index is 10.8. The summed E-state index contributed by atoms with van der Waals surface area (Å²) in [6.07, 6.45) is 3.34. The zero-order valence-electron chi connectivity index (χ0n) is 7.27. The molecule has 1 N–H and O–H groups in total. The fourth-order valence-corrected chi connectivity index (χ4v) is 0.949. The molecule has 0 saturated heterocycles. The second-order valence-electron chi connectivity index (χ2n) is 2.67. The molecule has 72 valence electrons. The monoisotopic (exact) mass is 202 g/mol. The number of alkyl halides is 1. The van der Waals surface area contributed by atoms with Gasteiger partial charge in [-0.2, -0.15) is 0 Å². The molecule has 0 fully saturated rings. The van der Waals surface area contributed by atoms with Crippen LogP contribution in [0.3, 0.4) is 0 Å². The molecular formula is C7H11ClN4O. The Hall–Kier alpha value is -1.10. The van der Waals surface area contributed by atoms with E-state index in [1.165, 1.54) is 0 Å². The van der Waals surface area contributed by atoms with E-state index < -0.39 is 0 Å². The molecule has 1 amide bonds. The van der Waals surface area contributed by atoms with Crippen LogP contribution in [0.5, 0.6) is 0 Å². The Balaban J connectivity index is 2.34. The Kier molecular flexibility index (Phi) is 3.70. The Morgan fingerprint density at radius 3 is 3.08 bits per heavy atom. The summed E-state index contributed by atoms with van der Waals surface area (Å²) in [5, 5.41) is 10.1. The van der Waals surface area contributed by atoms with Gasteiger partial charge in [0.05, 0.1) is 12.2 Å². The smallest absolute Gasteiger partial charge is 0.234 e. The maximum atomic E-state index is 10.8. The summed E-state index contributed by atoms with van der Waals surface area (Å²) in [5.74, 6) is -0.182. The second-order valence-corrected chi connectivity index (χ2v) is 2.94. The number of aromatic nitrogens is 3. The topological polar surface area (TPSA) is 59.8 Å². The largest absolute Gasteiger partial charge is 0.353 e. The Morgan fingerprint density at radius 1 is 1.77 bits per heavy atom. The molecule has 13 heavy (non-hydrogen) atoms. The van der Waals surface area contributed by atoms with Gasteiger partial charge in [0, 0.05) is 12.7 Å². The van der Waals surface area contributed by atoms with Crippen molar-refractivity contribution in [3.63, 3.8) is 0 Å². The molecule has 0 spiro atoms. The highest BCUT2D eigenvalue weighted by molar-refractivity contribution is 6.27. The zero-order valence-corrected chi connectivity index (χ0v) is 8.03. The average molecular weight is 203 g/mol. The van der Waals surface area contributed by atoms with Gasteiger partial charge in [0.2, 0.25) is 5.91 Å². The van der Waals surface area contributed by atoms with Crippen molar-refractivity contribution in [1.29, 1.82) is 0 Å². The minimum atomic E-state index is -0.173. The highest BCUT2D eigenvalue weighted by Crippen LogP contribution is 1.99. The lowest BCUT2D eigenvalue weighted by molar-refractivity contribution is -0.118. The molecule has 0 radical (unpaired) electrons. The normalized spacial score (nSPS) is 12.5. The van der Waals surface area contributed by atoms with Gasteiger partial charge in [-0.3, -0.25) is 4.79 Å². The highest BCUT2D eigenvalue weighted by Gasteiger charge is 2.06. The van der Waals surface area contributed by atoms with Crippen LogP contribution >= 0.6 is 11.6 Å². The molecule has 0 unspecified atom stereocenters. The lowest BCUT2D eigenvalue weighted by Gasteiger charge is -2.11. The van der Waals surface area contributed by atoms with Crippen molar-refractivity contribution < 1.29 is 4.79 Å². The average Bonchev–Trinajstić information content (AvgIpc) is 2.66. The van der Waals surface area contributed by atoms with Crippen LogP contribution in [0.25, 0.3) is 0 Å². The van der Waals surface area contributed by atoms with E-state index in [1.807, 2.05) is 6.92 Å².